The number of rotatable bonds is 6. The Bertz CT molecular complexity index is 599. The van der Waals surface area contributed by atoms with Gasteiger partial charge in [0.25, 0.3) is 5.91 Å². The van der Waals surface area contributed by atoms with Crippen molar-refractivity contribution < 1.29 is 18.7 Å². The van der Waals surface area contributed by atoms with Crippen LogP contribution in [0.1, 0.15) is 6.92 Å². The van der Waals surface area contributed by atoms with Crippen molar-refractivity contribution in [2.75, 3.05) is 18.5 Å². The lowest BCUT2D eigenvalue weighted by atomic mass is 10.3. The fourth-order valence-electron chi connectivity index (χ4n) is 1.70. The molecule has 0 aliphatic rings. The summed E-state index contributed by atoms with van der Waals surface area (Å²) in [5.41, 5.74) is 0.626. The first-order valence-electron chi connectivity index (χ1n) is 6.59. The minimum atomic E-state index is -0.494. The van der Waals surface area contributed by atoms with Crippen molar-refractivity contribution in [3.8, 4) is 11.5 Å². The molecular formula is C16H16FNO3. The van der Waals surface area contributed by atoms with Gasteiger partial charge in [-0.15, -0.1) is 0 Å². The average molecular weight is 289 g/mol. The third kappa shape index (κ3) is 4.49. The number of amides is 1. The van der Waals surface area contributed by atoms with Crippen molar-refractivity contribution in [3.05, 3.63) is 54.3 Å². The molecule has 1 N–H and O–H groups in total. The molecule has 0 aliphatic carbocycles. The second-order valence-corrected chi connectivity index (χ2v) is 4.22. The van der Waals surface area contributed by atoms with Crippen LogP contribution < -0.4 is 14.8 Å². The molecule has 1 amide bonds. The van der Waals surface area contributed by atoms with Crippen LogP contribution in [0.25, 0.3) is 0 Å². The summed E-state index contributed by atoms with van der Waals surface area (Å²) in [6.45, 7) is 2.23. The molecule has 2 aromatic carbocycles. The van der Waals surface area contributed by atoms with Crippen molar-refractivity contribution in [3.63, 3.8) is 0 Å². The SMILES string of the molecule is CCOc1ccc(NC(=O)COc2ccccc2F)cc1. The number of hydrogen-bond donors (Lipinski definition) is 1. The molecule has 0 bridgehead atoms. The minimum absolute atomic E-state index is 0.0549. The van der Waals surface area contributed by atoms with Crippen molar-refractivity contribution in [2.45, 2.75) is 6.92 Å². The molecule has 0 aliphatic heterocycles. The molecule has 0 heterocycles. The van der Waals surface area contributed by atoms with Gasteiger partial charge in [0.2, 0.25) is 0 Å². The maximum atomic E-state index is 13.3. The fourth-order valence-corrected chi connectivity index (χ4v) is 1.70. The number of carbonyl (C=O) groups excluding carboxylic acids is 1. The van der Waals surface area contributed by atoms with Crippen molar-refractivity contribution >= 4 is 11.6 Å². The van der Waals surface area contributed by atoms with Crippen LogP contribution in [0.3, 0.4) is 0 Å². The Morgan fingerprint density at radius 1 is 1.10 bits per heavy atom. The highest BCUT2D eigenvalue weighted by Gasteiger charge is 2.06. The van der Waals surface area contributed by atoms with Gasteiger partial charge in [0, 0.05) is 5.69 Å². The van der Waals surface area contributed by atoms with Crippen molar-refractivity contribution in [1.29, 1.82) is 0 Å². The molecule has 0 aromatic heterocycles. The first kappa shape index (κ1) is 14.8. The van der Waals surface area contributed by atoms with E-state index in [1.165, 1.54) is 12.1 Å². The molecule has 0 saturated carbocycles. The van der Waals surface area contributed by atoms with E-state index in [1.54, 1.807) is 36.4 Å². The van der Waals surface area contributed by atoms with E-state index < -0.39 is 5.82 Å². The zero-order valence-electron chi connectivity index (χ0n) is 11.6. The van der Waals surface area contributed by atoms with E-state index in [2.05, 4.69) is 5.32 Å². The first-order chi connectivity index (χ1) is 10.2. The first-order valence-corrected chi connectivity index (χ1v) is 6.59. The lowest BCUT2D eigenvalue weighted by Crippen LogP contribution is -2.20. The van der Waals surface area contributed by atoms with Gasteiger partial charge in [-0.2, -0.15) is 0 Å². The largest absolute Gasteiger partial charge is 0.494 e. The van der Waals surface area contributed by atoms with Crippen LogP contribution in [0.4, 0.5) is 10.1 Å². The van der Waals surface area contributed by atoms with E-state index in [0.717, 1.165) is 5.75 Å². The summed E-state index contributed by atoms with van der Waals surface area (Å²) < 4.78 is 23.7. The lowest BCUT2D eigenvalue weighted by molar-refractivity contribution is -0.118. The summed E-state index contributed by atoms with van der Waals surface area (Å²) in [7, 11) is 0. The number of halogens is 1. The Balaban J connectivity index is 1.85. The van der Waals surface area contributed by atoms with Gasteiger partial charge in [0.05, 0.1) is 6.61 Å². The molecule has 0 spiro atoms. The topological polar surface area (TPSA) is 47.6 Å². The minimum Gasteiger partial charge on any atom is -0.494 e. The Kier molecular flexibility index (Phi) is 5.15. The van der Waals surface area contributed by atoms with Gasteiger partial charge < -0.3 is 14.8 Å². The summed E-state index contributed by atoms with van der Waals surface area (Å²) in [5, 5.41) is 2.66. The second-order valence-electron chi connectivity index (χ2n) is 4.22. The lowest BCUT2D eigenvalue weighted by Gasteiger charge is -2.09. The number of hydrogen-bond acceptors (Lipinski definition) is 3. The van der Waals surface area contributed by atoms with Gasteiger partial charge in [-0.1, -0.05) is 12.1 Å². The summed E-state index contributed by atoms with van der Waals surface area (Å²) in [4.78, 5) is 11.7. The molecule has 110 valence electrons. The molecule has 2 aromatic rings. The molecule has 2 rings (SSSR count). The van der Waals surface area contributed by atoms with E-state index in [-0.39, 0.29) is 18.3 Å². The Morgan fingerprint density at radius 3 is 2.48 bits per heavy atom. The maximum absolute atomic E-state index is 13.3. The number of anilines is 1. The number of ether oxygens (including phenoxy) is 2. The molecule has 4 nitrogen and oxygen atoms in total. The third-order valence-electron chi connectivity index (χ3n) is 2.64. The average Bonchev–Trinajstić information content (AvgIpc) is 2.49. The molecule has 0 atom stereocenters. The quantitative estimate of drug-likeness (QED) is 0.888. The summed E-state index contributed by atoms with van der Waals surface area (Å²) in [6.07, 6.45) is 0. The second kappa shape index (κ2) is 7.28. The van der Waals surface area contributed by atoms with E-state index in [1.807, 2.05) is 6.92 Å². The highest BCUT2D eigenvalue weighted by atomic mass is 19.1. The van der Waals surface area contributed by atoms with Gasteiger partial charge in [-0.25, -0.2) is 4.39 Å². The van der Waals surface area contributed by atoms with Gasteiger partial charge in [-0.05, 0) is 43.3 Å². The molecule has 5 heteroatoms. The van der Waals surface area contributed by atoms with Gasteiger partial charge in [0.15, 0.2) is 18.2 Å². The summed E-state index contributed by atoms with van der Waals surface area (Å²) in [6, 6.07) is 12.9. The van der Waals surface area contributed by atoms with Gasteiger partial charge >= 0.3 is 0 Å². The summed E-state index contributed by atoms with van der Waals surface area (Å²) >= 11 is 0. The molecule has 0 unspecified atom stereocenters. The van der Waals surface area contributed by atoms with Crippen molar-refractivity contribution in [2.24, 2.45) is 0 Å². The number of nitrogens with one attached hydrogen (secondary N) is 1. The van der Waals surface area contributed by atoms with Crippen LogP contribution in [0, 0.1) is 5.82 Å². The Hall–Kier alpha value is -2.56. The monoisotopic (exact) mass is 289 g/mol. The molecular weight excluding hydrogens is 273 g/mol. The number of benzene rings is 2. The fraction of sp³-hybridized carbons (Fsp3) is 0.188. The smallest absolute Gasteiger partial charge is 0.262 e. The maximum Gasteiger partial charge on any atom is 0.262 e. The van der Waals surface area contributed by atoms with Crippen LogP contribution in [0.5, 0.6) is 11.5 Å². The normalized spacial score (nSPS) is 10.0. The van der Waals surface area contributed by atoms with E-state index in [4.69, 9.17) is 9.47 Å². The Labute approximate surface area is 122 Å². The Morgan fingerprint density at radius 2 is 1.81 bits per heavy atom. The predicted octanol–water partition coefficient (Wildman–Crippen LogP) is 3.24. The van der Waals surface area contributed by atoms with Gasteiger partial charge in [-0.3, -0.25) is 4.79 Å². The molecule has 21 heavy (non-hydrogen) atoms. The van der Waals surface area contributed by atoms with E-state index >= 15 is 0 Å². The van der Waals surface area contributed by atoms with E-state index in [9.17, 15) is 9.18 Å². The van der Waals surface area contributed by atoms with Crippen LogP contribution in [-0.4, -0.2) is 19.1 Å². The highest BCUT2D eigenvalue weighted by Crippen LogP contribution is 2.17. The van der Waals surface area contributed by atoms with Gasteiger partial charge in [0.1, 0.15) is 5.75 Å². The molecule has 0 saturated heterocycles. The van der Waals surface area contributed by atoms with Crippen molar-refractivity contribution in [1.82, 2.24) is 0 Å². The predicted molar refractivity (Wildman–Crippen MR) is 78.1 cm³/mol. The summed E-state index contributed by atoms with van der Waals surface area (Å²) in [5.74, 6) is -0.0637. The van der Waals surface area contributed by atoms with Crippen LogP contribution in [0.15, 0.2) is 48.5 Å². The van der Waals surface area contributed by atoms with Crippen LogP contribution in [0.2, 0.25) is 0 Å². The zero-order valence-corrected chi connectivity index (χ0v) is 11.6. The van der Waals surface area contributed by atoms with Crippen LogP contribution in [-0.2, 0) is 4.79 Å². The number of carbonyl (C=O) groups is 1. The third-order valence-corrected chi connectivity index (χ3v) is 2.64. The molecule has 0 fully saturated rings. The highest BCUT2D eigenvalue weighted by molar-refractivity contribution is 5.91. The number of para-hydroxylation sites is 1. The zero-order chi connectivity index (χ0) is 15.1. The van der Waals surface area contributed by atoms with Crippen LogP contribution >= 0.6 is 0 Å². The standard InChI is InChI=1S/C16H16FNO3/c1-2-20-13-9-7-12(8-10-13)18-16(19)11-21-15-6-4-3-5-14(15)17/h3-10H,2,11H2,1H3,(H,18,19). The van der Waals surface area contributed by atoms with E-state index in [0.29, 0.717) is 12.3 Å². The molecule has 0 radical (unpaired) electrons.